The van der Waals surface area contributed by atoms with E-state index in [4.69, 9.17) is 0 Å². The fourth-order valence-corrected chi connectivity index (χ4v) is 2.27. The summed E-state index contributed by atoms with van der Waals surface area (Å²) in [4.78, 5) is 0. The van der Waals surface area contributed by atoms with Gasteiger partial charge in [0.2, 0.25) is 0 Å². The fraction of sp³-hybridized carbons (Fsp3) is 0.800. The highest BCUT2D eigenvalue weighted by atomic mass is 15.3. The molecule has 0 atom stereocenters. The zero-order chi connectivity index (χ0) is 9.38. The molecule has 3 heterocycles. The topological polar surface area (TPSA) is 42.7 Å². The van der Waals surface area contributed by atoms with E-state index >= 15 is 0 Å². The van der Waals surface area contributed by atoms with Crippen LogP contribution in [-0.2, 0) is 19.4 Å². The number of aromatic nitrogens is 3. The molecule has 4 heteroatoms. The lowest BCUT2D eigenvalue weighted by Gasteiger charge is -2.27. The van der Waals surface area contributed by atoms with E-state index in [1.165, 1.54) is 24.5 Å². The van der Waals surface area contributed by atoms with Crippen LogP contribution < -0.4 is 5.32 Å². The molecule has 0 unspecified atom stereocenters. The first-order valence-corrected chi connectivity index (χ1v) is 5.55. The summed E-state index contributed by atoms with van der Waals surface area (Å²) in [5, 5.41) is 11.9. The summed E-state index contributed by atoms with van der Waals surface area (Å²) in [5.41, 5.74) is 0. The molecule has 14 heavy (non-hydrogen) atoms. The normalized spacial score (nSPS) is 21.7. The standard InChI is InChI=1S/C10H16N4/c1-2-4-14-9(3-1)12-13-10(14)5-8-6-11-7-8/h8,11H,1-7H2. The lowest BCUT2D eigenvalue weighted by molar-refractivity contribution is 0.334. The maximum atomic E-state index is 4.30. The summed E-state index contributed by atoms with van der Waals surface area (Å²) in [6.07, 6.45) is 4.81. The first-order valence-electron chi connectivity index (χ1n) is 5.55. The Hall–Kier alpha value is -0.900. The molecule has 0 saturated carbocycles. The largest absolute Gasteiger partial charge is 0.316 e. The number of hydrogen-bond donors (Lipinski definition) is 1. The number of nitrogens with one attached hydrogen (secondary N) is 1. The molecule has 0 radical (unpaired) electrons. The molecule has 3 rings (SSSR count). The molecular formula is C10H16N4. The number of rotatable bonds is 2. The number of fused-ring (bicyclic) bond motifs is 1. The monoisotopic (exact) mass is 192 g/mol. The zero-order valence-corrected chi connectivity index (χ0v) is 8.37. The van der Waals surface area contributed by atoms with Crippen LogP contribution in [0.2, 0.25) is 0 Å². The van der Waals surface area contributed by atoms with E-state index in [2.05, 4.69) is 20.1 Å². The third-order valence-corrected chi connectivity index (χ3v) is 3.27. The Balaban J connectivity index is 1.79. The van der Waals surface area contributed by atoms with Crippen molar-refractivity contribution >= 4 is 0 Å². The zero-order valence-electron chi connectivity index (χ0n) is 8.37. The molecule has 4 nitrogen and oxygen atoms in total. The van der Waals surface area contributed by atoms with Gasteiger partial charge in [-0.2, -0.15) is 0 Å². The van der Waals surface area contributed by atoms with E-state index in [0.717, 1.165) is 38.4 Å². The second kappa shape index (κ2) is 3.35. The first kappa shape index (κ1) is 8.41. The van der Waals surface area contributed by atoms with Gasteiger partial charge in [-0.15, -0.1) is 10.2 Å². The molecule has 76 valence electrons. The lowest BCUT2D eigenvalue weighted by atomic mass is 9.99. The first-order chi connectivity index (χ1) is 6.93. The second-order valence-corrected chi connectivity index (χ2v) is 4.37. The Morgan fingerprint density at radius 3 is 3.00 bits per heavy atom. The molecule has 1 saturated heterocycles. The van der Waals surface area contributed by atoms with Gasteiger partial charge in [0.05, 0.1) is 0 Å². The quantitative estimate of drug-likeness (QED) is 0.736. The minimum atomic E-state index is 0.797. The van der Waals surface area contributed by atoms with Crippen molar-refractivity contribution < 1.29 is 0 Å². The van der Waals surface area contributed by atoms with Crippen LogP contribution in [0.1, 0.15) is 24.5 Å². The van der Waals surface area contributed by atoms with Crippen molar-refractivity contribution in [3.63, 3.8) is 0 Å². The van der Waals surface area contributed by atoms with Gasteiger partial charge in [-0.05, 0) is 31.8 Å². The van der Waals surface area contributed by atoms with Gasteiger partial charge in [-0.3, -0.25) is 0 Å². The Kier molecular flexibility index (Phi) is 2.01. The van der Waals surface area contributed by atoms with E-state index in [1.807, 2.05) is 0 Å². The summed E-state index contributed by atoms with van der Waals surface area (Å²) >= 11 is 0. The van der Waals surface area contributed by atoms with Crippen molar-refractivity contribution in [3.8, 4) is 0 Å². The van der Waals surface area contributed by atoms with Gasteiger partial charge in [0.1, 0.15) is 11.6 Å². The Morgan fingerprint density at radius 2 is 2.21 bits per heavy atom. The molecule has 0 spiro atoms. The smallest absolute Gasteiger partial charge is 0.133 e. The summed E-state index contributed by atoms with van der Waals surface area (Å²) in [5.74, 6) is 3.22. The van der Waals surface area contributed by atoms with E-state index in [9.17, 15) is 0 Å². The predicted molar refractivity (Wildman–Crippen MR) is 53.0 cm³/mol. The lowest BCUT2D eigenvalue weighted by Crippen LogP contribution is -2.43. The van der Waals surface area contributed by atoms with Gasteiger partial charge >= 0.3 is 0 Å². The summed E-state index contributed by atoms with van der Waals surface area (Å²) in [6, 6.07) is 0. The van der Waals surface area contributed by atoms with Crippen LogP contribution in [0.5, 0.6) is 0 Å². The van der Waals surface area contributed by atoms with E-state index in [0.29, 0.717) is 0 Å². The second-order valence-electron chi connectivity index (χ2n) is 4.37. The minimum Gasteiger partial charge on any atom is -0.316 e. The number of aryl methyl sites for hydroxylation is 1. The molecule has 0 aromatic carbocycles. The van der Waals surface area contributed by atoms with Crippen LogP contribution in [0.4, 0.5) is 0 Å². The van der Waals surface area contributed by atoms with E-state index in [1.54, 1.807) is 0 Å². The van der Waals surface area contributed by atoms with Crippen LogP contribution in [-0.4, -0.2) is 27.9 Å². The van der Waals surface area contributed by atoms with E-state index < -0.39 is 0 Å². The van der Waals surface area contributed by atoms with Crippen molar-refractivity contribution in [2.75, 3.05) is 13.1 Å². The van der Waals surface area contributed by atoms with E-state index in [-0.39, 0.29) is 0 Å². The minimum absolute atomic E-state index is 0.797. The van der Waals surface area contributed by atoms with Crippen molar-refractivity contribution in [1.29, 1.82) is 0 Å². The highest BCUT2D eigenvalue weighted by Crippen LogP contribution is 2.17. The molecule has 0 aliphatic carbocycles. The molecule has 2 aliphatic rings. The number of nitrogens with zero attached hydrogens (tertiary/aromatic N) is 3. The molecule has 1 N–H and O–H groups in total. The Morgan fingerprint density at radius 1 is 1.29 bits per heavy atom. The summed E-state index contributed by atoms with van der Waals surface area (Å²) in [7, 11) is 0. The van der Waals surface area contributed by atoms with Crippen LogP contribution in [0.15, 0.2) is 0 Å². The van der Waals surface area contributed by atoms with Crippen LogP contribution in [0.25, 0.3) is 0 Å². The van der Waals surface area contributed by atoms with Gasteiger partial charge in [-0.1, -0.05) is 0 Å². The van der Waals surface area contributed by atoms with Crippen molar-refractivity contribution in [2.45, 2.75) is 32.2 Å². The third-order valence-electron chi connectivity index (χ3n) is 3.27. The highest BCUT2D eigenvalue weighted by molar-refractivity contribution is 5.01. The average molecular weight is 192 g/mol. The van der Waals surface area contributed by atoms with Crippen LogP contribution in [0, 0.1) is 5.92 Å². The SMILES string of the molecule is C1CCn2c(nnc2CC2CNC2)C1. The summed E-state index contributed by atoms with van der Waals surface area (Å²) in [6.45, 7) is 3.45. The maximum Gasteiger partial charge on any atom is 0.133 e. The van der Waals surface area contributed by atoms with Gasteiger partial charge in [0.15, 0.2) is 0 Å². The molecule has 1 aromatic heterocycles. The van der Waals surface area contributed by atoms with Gasteiger partial charge in [0, 0.05) is 19.4 Å². The van der Waals surface area contributed by atoms with Crippen molar-refractivity contribution in [2.24, 2.45) is 5.92 Å². The molecular weight excluding hydrogens is 176 g/mol. The number of hydrogen-bond acceptors (Lipinski definition) is 3. The molecule has 2 aliphatic heterocycles. The van der Waals surface area contributed by atoms with Crippen LogP contribution >= 0.6 is 0 Å². The predicted octanol–water partition coefficient (Wildman–Crippen LogP) is 0.376. The molecule has 0 amide bonds. The highest BCUT2D eigenvalue weighted by Gasteiger charge is 2.22. The summed E-state index contributed by atoms with van der Waals surface area (Å²) < 4.78 is 2.34. The van der Waals surface area contributed by atoms with Crippen LogP contribution in [0.3, 0.4) is 0 Å². The maximum absolute atomic E-state index is 4.30. The van der Waals surface area contributed by atoms with Gasteiger partial charge in [-0.25, -0.2) is 0 Å². The fourth-order valence-electron chi connectivity index (χ4n) is 2.27. The van der Waals surface area contributed by atoms with Gasteiger partial charge < -0.3 is 9.88 Å². The third kappa shape index (κ3) is 1.34. The van der Waals surface area contributed by atoms with Gasteiger partial charge in [0.25, 0.3) is 0 Å². The molecule has 0 bridgehead atoms. The van der Waals surface area contributed by atoms with Crippen molar-refractivity contribution in [3.05, 3.63) is 11.6 Å². The Bertz CT molecular complexity index is 327. The molecule has 1 fully saturated rings. The Labute approximate surface area is 83.7 Å². The van der Waals surface area contributed by atoms with Crippen molar-refractivity contribution in [1.82, 2.24) is 20.1 Å². The average Bonchev–Trinajstić information content (AvgIpc) is 2.55. The molecule has 1 aromatic rings.